The van der Waals surface area contributed by atoms with E-state index in [1.54, 1.807) is 12.4 Å². The molecule has 6 rings (SSSR count). The third-order valence-corrected chi connectivity index (χ3v) is 12.2. The molecular weight excluding hydrogens is 760 g/mol. The van der Waals surface area contributed by atoms with E-state index in [2.05, 4.69) is 124 Å². The van der Waals surface area contributed by atoms with Gasteiger partial charge in [0.2, 0.25) is 0 Å². The second-order valence-corrected chi connectivity index (χ2v) is 17.3. The normalized spacial score (nSPS) is 11.0. The van der Waals surface area contributed by atoms with Gasteiger partial charge >= 0.3 is 156 Å². The summed E-state index contributed by atoms with van der Waals surface area (Å²) in [7, 11) is 0. The summed E-state index contributed by atoms with van der Waals surface area (Å²) in [6.07, 6.45) is 3.50. The van der Waals surface area contributed by atoms with Gasteiger partial charge in [-0.3, -0.25) is 0 Å². The Morgan fingerprint density at radius 3 is 1.45 bits per heavy atom. The molecule has 0 aliphatic carbocycles. The molecule has 0 saturated heterocycles. The van der Waals surface area contributed by atoms with Gasteiger partial charge in [-0.1, -0.05) is 47.5 Å². The predicted octanol–water partition coefficient (Wildman–Crippen LogP) is 14.0. The van der Waals surface area contributed by atoms with Gasteiger partial charge in [0.15, 0.2) is 0 Å². The molecule has 1 N–H and O–H groups in total. The molecule has 0 saturated carbocycles. The molecule has 0 unspecified atom stereocenters. The van der Waals surface area contributed by atoms with E-state index in [4.69, 9.17) is 3.50 Å². The number of nitrogens with zero attached hydrogens (tertiary/aromatic N) is 2. The Morgan fingerprint density at radius 1 is 0.636 bits per heavy atom. The molecular formula is C50H58FMoN2O-. The fraction of sp³-hybridized carbons (Fsp3) is 0.300. The van der Waals surface area contributed by atoms with Gasteiger partial charge in [-0.25, -0.2) is 4.39 Å². The molecule has 0 aliphatic heterocycles. The average molecular weight is 818 g/mol. The van der Waals surface area contributed by atoms with Gasteiger partial charge in [-0.2, -0.15) is 12.4 Å². The van der Waals surface area contributed by atoms with Crippen molar-refractivity contribution in [2.24, 2.45) is 3.50 Å². The summed E-state index contributed by atoms with van der Waals surface area (Å²) in [6.45, 7) is 25.7. The molecule has 288 valence electrons. The maximum atomic E-state index is 14.6. The van der Waals surface area contributed by atoms with Crippen LogP contribution < -0.4 is 4.98 Å². The van der Waals surface area contributed by atoms with Gasteiger partial charge < -0.3 is 10.1 Å². The summed E-state index contributed by atoms with van der Waals surface area (Å²) in [5, 5.41) is 11.1. The Morgan fingerprint density at radius 2 is 1.07 bits per heavy atom. The Hall–Kier alpha value is -4.53. The van der Waals surface area contributed by atoms with Crippen molar-refractivity contribution in [1.82, 2.24) is 4.98 Å². The Balaban J connectivity index is 0.000000217. The van der Waals surface area contributed by atoms with Gasteiger partial charge in [-0.15, -0.1) is 0 Å². The summed E-state index contributed by atoms with van der Waals surface area (Å²) >= 11 is -0.553. The van der Waals surface area contributed by atoms with Crippen LogP contribution in [0.2, 0.25) is 0 Å². The number of aromatic nitrogens is 1. The summed E-state index contributed by atoms with van der Waals surface area (Å²) in [6, 6.07) is 32.3. The van der Waals surface area contributed by atoms with E-state index in [0.717, 1.165) is 44.5 Å². The SMILES string of the molecule is CC(C)c1cccc(C(C)C)c1[N]=[Mo]=[CH]C(C)(C)c1ccccc1.Cc1cc(C)c(-c2cc(F)cc(-c3c(C)cc(C)cc3C)c2O)c(C)c1.c1cc[n-]c1. The number of hydrogen-bond donors (Lipinski definition) is 1. The van der Waals surface area contributed by atoms with E-state index in [-0.39, 0.29) is 17.0 Å². The Bertz CT molecular complexity index is 2090. The van der Waals surface area contributed by atoms with Crippen molar-refractivity contribution < 1.29 is 27.4 Å². The van der Waals surface area contributed by atoms with E-state index < -0.39 is 17.9 Å². The molecule has 0 bridgehead atoms. The zero-order chi connectivity index (χ0) is 40.4. The van der Waals surface area contributed by atoms with Crippen LogP contribution in [0.3, 0.4) is 0 Å². The molecule has 0 atom stereocenters. The number of aryl methyl sites for hydroxylation is 6. The number of hydrogen-bond acceptors (Lipinski definition) is 2. The number of phenolic OH excluding ortho intramolecular Hbond substituents is 1. The molecule has 5 aromatic carbocycles. The Labute approximate surface area is 338 Å². The standard InChI is InChI=1S/C24H25FO.C12H17N.C10H12.C4H4N.Mo/c1-13-7-15(3)22(16(4)8-13)20-11-19(25)12-21(24(20)26)23-17(5)9-14(2)10-18(23)6;1-8(2)10-6-5-7-11(9(3)4)12(10)13;1-10(2,3)9-7-5-4-6-8-9;1-2-4-5-3-1;/h7-12,26H,1-6H3;5-9H,1-4H3;1,4-8H,2-3H3;1-4H;/q;;;-1;. The number of rotatable bonds is 7. The maximum absolute atomic E-state index is 14.6. The predicted molar refractivity (Wildman–Crippen MR) is 229 cm³/mol. The van der Waals surface area contributed by atoms with Crippen molar-refractivity contribution in [3.05, 3.63) is 165 Å². The van der Waals surface area contributed by atoms with E-state index >= 15 is 0 Å². The molecule has 0 amide bonds. The minimum Gasteiger partial charge on any atom is -0.670 e. The molecule has 5 heteroatoms. The van der Waals surface area contributed by atoms with Gasteiger partial charge in [-0.05, 0) is 87.1 Å². The summed E-state index contributed by atoms with van der Waals surface area (Å²) in [4.78, 5) is 3.72. The number of benzene rings is 5. The van der Waals surface area contributed by atoms with E-state index in [9.17, 15) is 9.50 Å². The largest absolute Gasteiger partial charge is 0.670 e. The van der Waals surface area contributed by atoms with Crippen LogP contribution in [0, 0.1) is 47.4 Å². The minimum absolute atomic E-state index is 0.0811. The molecule has 55 heavy (non-hydrogen) atoms. The van der Waals surface area contributed by atoms with Crippen LogP contribution in [0.25, 0.3) is 22.3 Å². The van der Waals surface area contributed by atoms with Gasteiger partial charge in [0.05, 0.1) is 0 Å². The first-order valence-electron chi connectivity index (χ1n) is 19.1. The van der Waals surface area contributed by atoms with Crippen molar-refractivity contribution in [1.29, 1.82) is 0 Å². The van der Waals surface area contributed by atoms with Crippen molar-refractivity contribution in [2.75, 3.05) is 0 Å². The molecule has 0 radical (unpaired) electrons. The van der Waals surface area contributed by atoms with Crippen LogP contribution in [-0.4, -0.2) is 9.51 Å². The first-order chi connectivity index (χ1) is 26.0. The van der Waals surface area contributed by atoms with E-state index in [1.807, 2.05) is 53.7 Å². The van der Waals surface area contributed by atoms with Crippen molar-refractivity contribution in [3.63, 3.8) is 0 Å². The molecule has 0 aliphatic rings. The zero-order valence-corrected chi connectivity index (χ0v) is 36.8. The summed E-state index contributed by atoms with van der Waals surface area (Å²) in [5.74, 6) is 0.817. The van der Waals surface area contributed by atoms with Crippen LogP contribution in [0.1, 0.15) is 103 Å². The van der Waals surface area contributed by atoms with Crippen LogP contribution in [0.5, 0.6) is 5.75 Å². The monoisotopic (exact) mass is 819 g/mol. The quantitative estimate of drug-likeness (QED) is 0.163. The smallest absolute Gasteiger partial charge is 0.131 e. The fourth-order valence-electron chi connectivity index (χ4n) is 7.20. The maximum Gasteiger partial charge on any atom is 0.131 e. The summed E-state index contributed by atoms with van der Waals surface area (Å²) < 4.78 is 22.1. The van der Waals surface area contributed by atoms with Crippen LogP contribution in [0.15, 0.2) is 113 Å². The number of phenols is 1. The van der Waals surface area contributed by atoms with Crippen LogP contribution in [0.4, 0.5) is 10.1 Å². The molecule has 3 nitrogen and oxygen atoms in total. The van der Waals surface area contributed by atoms with E-state index in [1.165, 1.54) is 34.5 Å². The Kier molecular flexibility index (Phi) is 15.2. The van der Waals surface area contributed by atoms with Crippen LogP contribution in [-0.2, 0) is 23.3 Å². The molecule has 0 fully saturated rings. The second kappa shape index (κ2) is 19.4. The zero-order valence-electron chi connectivity index (χ0n) is 34.8. The molecule has 6 aromatic rings. The molecule has 1 heterocycles. The summed E-state index contributed by atoms with van der Waals surface area (Å²) in [5.41, 5.74) is 14.8. The van der Waals surface area contributed by atoms with Crippen LogP contribution >= 0.6 is 0 Å². The van der Waals surface area contributed by atoms with Gasteiger partial charge in [0.25, 0.3) is 0 Å². The topological polar surface area (TPSA) is 46.7 Å². The van der Waals surface area contributed by atoms with Gasteiger partial charge in [0.1, 0.15) is 11.6 Å². The third-order valence-electron chi connectivity index (χ3n) is 9.77. The first-order valence-corrected chi connectivity index (χ1v) is 21.2. The third kappa shape index (κ3) is 11.3. The minimum atomic E-state index is -0.553. The number of halogens is 1. The van der Waals surface area contributed by atoms with Gasteiger partial charge in [0, 0.05) is 11.1 Å². The second-order valence-electron chi connectivity index (χ2n) is 15.7. The van der Waals surface area contributed by atoms with Crippen molar-refractivity contribution >= 4 is 10.1 Å². The average Bonchev–Trinajstić information content (AvgIpc) is 3.70. The molecule has 0 spiro atoms. The molecule has 1 aromatic heterocycles. The first kappa shape index (κ1) is 43.2. The number of aromatic hydroxyl groups is 1. The van der Waals surface area contributed by atoms with Crippen molar-refractivity contribution in [2.45, 2.75) is 100 Å². The fourth-order valence-corrected chi connectivity index (χ4v) is 9.09. The van der Waals surface area contributed by atoms with Crippen molar-refractivity contribution in [3.8, 4) is 28.0 Å². The van der Waals surface area contributed by atoms with E-state index in [0.29, 0.717) is 23.0 Å².